The van der Waals surface area contributed by atoms with Gasteiger partial charge in [0, 0.05) is 0 Å². The highest BCUT2D eigenvalue weighted by Crippen LogP contribution is 2.12. The maximum absolute atomic E-state index is 9.14. The van der Waals surface area contributed by atoms with Gasteiger partial charge in [0.2, 0.25) is 0 Å². The third-order valence-corrected chi connectivity index (χ3v) is 2.47. The first-order chi connectivity index (χ1) is 8.74. The quantitative estimate of drug-likeness (QED) is 0.798. The van der Waals surface area contributed by atoms with Crippen LogP contribution in [-0.2, 0) is 0 Å². The van der Waals surface area contributed by atoms with Gasteiger partial charge in [-0.25, -0.2) is 0 Å². The van der Waals surface area contributed by atoms with Crippen LogP contribution in [-0.4, -0.2) is 10.2 Å². The van der Waals surface area contributed by atoms with Crippen molar-refractivity contribution in [3.63, 3.8) is 0 Å². The maximum atomic E-state index is 9.14. The molecule has 0 fully saturated rings. The third-order valence-electron chi connectivity index (χ3n) is 2.47. The molecule has 18 heavy (non-hydrogen) atoms. The smallest absolute Gasteiger partial charge is 0.115 e. The van der Waals surface area contributed by atoms with Crippen LogP contribution in [0.25, 0.3) is 12.2 Å². The zero-order chi connectivity index (χ0) is 12.8. The van der Waals surface area contributed by atoms with Crippen molar-refractivity contribution < 1.29 is 10.2 Å². The Labute approximate surface area is 106 Å². The Kier molecular flexibility index (Phi) is 3.82. The molecule has 0 atom stereocenters. The minimum atomic E-state index is 0.270. The summed E-state index contributed by atoms with van der Waals surface area (Å²) in [7, 11) is 0. The van der Waals surface area contributed by atoms with Crippen LogP contribution in [0, 0.1) is 0 Å². The predicted octanol–water partition coefficient (Wildman–Crippen LogP) is 3.82. The zero-order valence-electron chi connectivity index (χ0n) is 9.82. The topological polar surface area (TPSA) is 40.5 Å². The van der Waals surface area contributed by atoms with E-state index in [2.05, 4.69) is 0 Å². The van der Waals surface area contributed by atoms with E-state index in [0.29, 0.717) is 0 Å². The van der Waals surface area contributed by atoms with Crippen molar-refractivity contribution in [2.75, 3.05) is 0 Å². The lowest BCUT2D eigenvalue weighted by molar-refractivity contribution is 0.474. The molecule has 90 valence electrons. The van der Waals surface area contributed by atoms with Gasteiger partial charge in [0.05, 0.1) is 0 Å². The molecule has 2 N–H and O–H groups in total. The van der Waals surface area contributed by atoms with Crippen molar-refractivity contribution in [1.82, 2.24) is 0 Å². The van der Waals surface area contributed by atoms with E-state index in [-0.39, 0.29) is 11.5 Å². The summed E-state index contributed by atoms with van der Waals surface area (Å²) in [6.07, 6.45) is 7.77. The summed E-state index contributed by atoms with van der Waals surface area (Å²) < 4.78 is 0. The van der Waals surface area contributed by atoms with Crippen molar-refractivity contribution in [3.8, 4) is 11.5 Å². The van der Waals surface area contributed by atoms with Gasteiger partial charge in [0.15, 0.2) is 0 Å². The Hall–Kier alpha value is -2.48. The Morgan fingerprint density at radius 1 is 0.556 bits per heavy atom. The minimum absolute atomic E-state index is 0.270. The summed E-state index contributed by atoms with van der Waals surface area (Å²) >= 11 is 0. The second-order valence-electron chi connectivity index (χ2n) is 3.90. The molecule has 0 saturated heterocycles. The highest BCUT2D eigenvalue weighted by Gasteiger charge is 1.88. The monoisotopic (exact) mass is 238 g/mol. The van der Waals surface area contributed by atoms with Crippen LogP contribution in [0.1, 0.15) is 11.1 Å². The first-order valence-electron chi connectivity index (χ1n) is 5.67. The van der Waals surface area contributed by atoms with Gasteiger partial charge in [0.25, 0.3) is 0 Å². The summed E-state index contributed by atoms with van der Waals surface area (Å²) in [5, 5.41) is 18.3. The van der Waals surface area contributed by atoms with E-state index in [4.69, 9.17) is 10.2 Å². The van der Waals surface area contributed by atoms with Gasteiger partial charge in [-0.15, -0.1) is 0 Å². The number of phenols is 2. The van der Waals surface area contributed by atoms with Crippen LogP contribution in [0.4, 0.5) is 0 Å². The van der Waals surface area contributed by atoms with Gasteiger partial charge < -0.3 is 10.2 Å². The van der Waals surface area contributed by atoms with Crippen molar-refractivity contribution in [3.05, 3.63) is 71.8 Å². The molecule has 2 heteroatoms. The van der Waals surface area contributed by atoms with E-state index in [9.17, 15) is 0 Å². The third kappa shape index (κ3) is 3.52. The fraction of sp³-hybridized carbons (Fsp3) is 0. The van der Waals surface area contributed by atoms with Crippen molar-refractivity contribution in [1.29, 1.82) is 0 Å². The highest BCUT2D eigenvalue weighted by atomic mass is 16.3. The van der Waals surface area contributed by atoms with Crippen LogP contribution < -0.4 is 0 Å². The number of aromatic hydroxyl groups is 2. The number of hydrogen-bond donors (Lipinski definition) is 2. The Morgan fingerprint density at radius 3 is 1.22 bits per heavy atom. The molecular weight excluding hydrogens is 224 g/mol. The molecule has 0 spiro atoms. The molecule has 0 aliphatic rings. The van der Waals surface area contributed by atoms with Crippen molar-refractivity contribution in [2.24, 2.45) is 0 Å². The van der Waals surface area contributed by atoms with Crippen molar-refractivity contribution in [2.45, 2.75) is 0 Å². The Balaban J connectivity index is 1.98. The van der Waals surface area contributed by atoms with Crippen molar-refractivity contribution >= 4 is 12.2 Å². The molecule has 0 unspecified atom stereocenters. The average molecular weight is 238 g/mol. The van der Waals surface area contributed by atoms with E-state index in [1.807, 2.05) is 48.6 Å². The average Bonchev–Trinajstić information content (AvgIpc) is 2.39. The molecule has 0 bridgehead atoms. The highest BCUT2D eigenvalue weighted by molar-refractivity contribution is 5.57. The van der Waals surface area contributed by atoms with Crippen LogP contribution in [0.5, 0.6) is 11.5 Å². The number of phenolic OH excluding ortho intramolecular Hbond substituents is 2. The Morgan fingerprint density at radius 2 is 0.889 bits per heavy atom. The lowest BCUT2D eigenvalue weighted by Gasteiger charge is -1.93. The number of allylic oxidation sites excluding steroid dienone is 2. The van der Waals surface area contributed by atoms with Crippen LogP contribution in [0.2, 0.25) is 0 Å². The van der Waals surface area contributed by atoms with E-state index in [1.54, 1.807) is 24.3 Å². The fourth-order valence-corrected chi connectivity index (χ4v) is 1.50. The molecule has 0 aliphatic carbocycles. The summed E-state index contributed by atoms with van der Waals surface area (Å²) in [4.78, 5) is 0. The fourth-order valence-electron chi connectivity index (χ4n) is 1.50. The number of rotatable bonds is 3. The molecule has 0 saturated carbocycles. The predicted molar refractivity (Wildman–Crippen MR) is 74.3 cm³/mol. The first-order valence-corrected chi connectivity index (χ1v) is 5.67. The van der Waals surface area contributed by atoms with Gasteiger partial charge in [-0.3, -0.25) is 0 Å². The Bertz CT molecular complexity index is 495. The second-order valence-corrected chi connectivity index (χ2v) is 3.90. The van der Waals surface area contributed by atoms with Crippen LogP contribution in [0.3, 0.4) is 0 Å². The standard InChI is InChI=1S/C16H14O2/c17-15-9-5-13(6-10-15)3-1-2-4-14-7-11-16(18)12-8-14/h1-12,17-18H. The van der Waals surface area contributed by atoms with Gasteiger partial charge in [0.1, 0.15) is 11.5 Å². The largest absolute Gasteiger partial charge is 0.508 e. The molecule has 2 nitrogen and oxygen atoms in total. The lowest BCUT2D eigenvalue weighted by atomic mass is 10.2. The zero-order valence-corrected chi connectivity index (χ0v) is 9.82. The van der Waals surface area contributed by atoms with Gasteiger partial charge in [-0.2, -0.15) is 0 Å². The molecule has 0 amide bonds. The van der Waals surface area contributed by atoms with Gasteiger partial charge in [-0.1, -0.05) is 48.6 Å². The number of hydrogen-bond acceptors (Lipinski definition) is 2. The molecule has 0 aromatic heterocycles. The first kappa shape index (κ1) is 12.0. The molecule has 2 aromatic rings. The minimum Gasteiger partial charge on any atom is -0.508 e. The molecule has 2 aromatic carbocycles. The number of benzene rings is 2. The second kappa shape index (κ2) is 5.73. The summed E-state index contributed by atoms with van der Waals surface area (Å²) in [5.41, 5.74) is 2.06. The summed E-state index contributed by atoms with van der Waals surface area (Å²) in [5.74, 6) is 0.540. The summed E-state index contributed by atoms with van der Waals surface area (Å²) in [6.45, 7) is 0. The molecule has 0 radical (unpaired) electrons. The van der Waals surface area contributed by atoms with Gasteiger partial charge in [-0.05, 0) is 35.4 Å². The maximum Gasteiger partial charge on any atom is 0.115 e. The molecule has 2 rings (SSSR count). The van der Waals surface area contributed by atoms with Gasteiger partial charge >= 0.3 is 0 Å². The molecular formula is C16H14O2. The van der Waals surface area contributed by atoms with E-state index in [1.165, 1.54) is 0 Å². The molecule has 0 aliphatic heterocycles. The lowest BCUT2D eigenvalue weighted by Crippen LogP contribution is -1.70. The summed E-state index contributed by atoms with van der Waals surface area (Å²) in [6, 6.07) is 14.0. The van der Waals surface area contributed by atoms with Crippen LogP contribution >= 0.6 is 0 Å². The molecule has 0 heterocycles. The van der Waals surface area contributed by atoms with E-state index in [0.717, 1.165) is 11.1 Å². The van der Waals surface area contributed by atoms with Crippen LogP contribution in [0.15, 0.2) is 60.7 Å². The normalized spacial score (nSPS) is 11.3. The SMILES string of the molecule is Oc1ccc(C=CC=Cc2ccc(O)cc2)cc1. The van der Waals surface area contributed by atoms with E-state index >= 15 is 0 Å². The van der Waals surface area contributed by atoms with E-state index < -0.39 is 0 Å².